The van der Waals surface area contributed by atoms with Crippen molar-refractivity contribution in [3.63, 3.8) is 0 Å². The smallest absolute Gasteiger partial charge is 0.358 e. The summed E-state index contributed by atoms with van der Waals surface area (Å²) in [5, 5.41) is 15.7. The minimum atomic E-state index is -1.16. The van der Waals surface area contributed by atoms with E-state index in [1.54, 1.807) is 24.7 Å². The van der Waals surface area contributed by atoms with Gasteiger partial charge in [0.25, 0.3) is 0 Å². The molecule has 0 bridgehead atoms. The first kappa shape index (κ1) is 12.0. The second-order valence-corrected chi connectivity index (χ2v) is 3.94. The topological polar surface area (TPSA) is 90.4 Å². The number of hydrogen-bond donors (Lipinski definition) is 1. The first-order valence-electron chi connectivity index (χ1n) is 5.69. The van der Waals surface area contributed by atoms with Gasteiger partial charge in [0.05, 0.1) is 12.5 Å². The van der Waals surface area contributed by atoms with E-state index < -0.39 is 5.97 Å². The van der Waals surface area contributed by atoms with Crippen molar-refractivity contribution in [2.24, 2.45) is 0 Å². The lowest BCUT2D eigenvalue weighted by Crippen LogP contribution is -2.05. The van der Waals surface area contributed by atoms with Gasteiger partial charge < -0.3 is 14.4 Å². The van der Waals surface area contributed by atoms with E-state index >= 15 is 0 Å². The SMILES string of the molecule is O=C(O)c1cn(Oc2ccc(-c3ccoc3)cc2)nn1. The molecular weight excluding hydrogens is 262 g/mol. The van der Waals surface area contributed by atoms with Crippen LogP contribution in [0, 0.1) is 0 Å². The minimum Gasteiger partial charge on any atom is -0.476 e. The van der Waals surface area contributed by atoms with Crippen LogP contribution in [0.25, 0.3) is 11.1 Å². The molecule has 7 heteroatoms. The van der Waals surface area contributed by atoms with E-state index in [0.717, 1.165) is 16.0 Å². The summed E-state index contributed by atoms with van der Waals surface area (Å²) >= 11 is 0. The second kappa shape index (κ2) is 4.88. The van der Waals surface area contributed by atoms with E-state index in [-0.39, 0.29) is 5.69 Å². The third kappa shape index (κ3) is 2.37. The van der Waals surface area contributed by atoms with Gasteiger partial charge in [0.15, 0.2) is 11.4 Å². The zero-order valence-electron chi connectivity index (χ0n) is 10.1. The largest absolute Gasteiger partial charge is 0.476 e. The van der Waals surface area contributed by atoms with E-state index in [2.05, 4.69) is 10.3 Å². The molecule has 2 aromatic heterocycles. The maximum atomic E-state index is 10.7. The zero-order chi connectivity index (χ0) is 13.9. The summed E-state index contributed by atoms with van der Waals surface area (Å²) in [6.07, 6.45) is 4.43. The zero-order valence-corrected chi connectivity index (χ0v) is 10.1. The number of aromatic nitrogens is 3. The fourth-order valence-corrected chi connectivity index (χ4v) is 1.64. The number of carboxylic acid groups (broad SMARTS) is 1. The molecule has 2 heterocycles. The molecule has 0 fully saturated rings. The summed E-state index contributed by atoms with van der Waals surface area (Å²) in [5.74, 6) is -0.644. The predicted molar refractivity (Wildman–Crippen MR) is 67.2 cm³/mol. The van der Waals surface area contributed by atoms with E-state index in [4.69, 9.17) is 14.4 Å². The maximum Gasteiger partial charge on any atom is 0.358 e. The Kier molecular flexibility index (Phi) is 2.92. The monoisotopic (exact) mass is 271 g/mol. The maximum absolute atomic E-state index is 10.7. The molecule has 1 N–H and O–H groups in total. The Balaban J connectivity index is 1.76. The Morgan fingerprint density at radius 1 is 1.20 bits per heavy atom. The van der Waals surface area contributed by atoms with Crippen LogP contribution in [0.5, 0.6) is 5.75 Å². The molecule has 20 heavy (non-hydrogen) atoms. The van der Waals surface area contributed by atoms with Crippen molar-refractivity contribution < 1.29 is 19.2 Å². The van der Waals surface area contributed by atoms with E-state index in [9.17, 15) is 4.79 Å². The molecule has 100 valence electrons. The highest BCUT2D eigenvalue weighted by Crippen LogP contribution is 2.22. The van der Waals surface area contributed by atoms with Gasteiger partial charge in [0, 0.05) is 5.56 Å². The van der Waals surface area contributed by atoms with Crippen LogP contribution >= 0.6 is 0 Å². The number of carboxylic acids is 1. The molecule has 3 aromatic rings. The highest BCUT2D eigenvalue weighted by Gasteiger charge is 2.09. The number of aromatic carboxylic acids is 1. The number of furan rings is 1. The summed E-state index contributed by atoms with van der Waals surface area (Å²) in [6, 6.07) is 9.05. The average molecular weight is 271 g/mol. The lowest BCUT2D eigenvalue weighted by Gasteiger charge is -2.03. The lowest BCUT2D eigenvalue weighted by atomic mass is 10.1. The highest BCUT2D eigenvalue weighted by atomic mass is 16.7. The molecule has 0 spiro atoms. The molecule has 0 unspecified atom stereocenters. The summed E-state index contributed by atoms with van der Waals surface area (Å²) in [7, 11) is 0. The molecule has 0 amide bonds. The molecule has 0 radical (unpaired) electrons. The predicted octanol–water partition coefficient (Wildman–Crippen LogP) is 2.08. The standard InChI is InChI=1S/C13H9N3O4/c17-13(18)12-7-16(15-14-12)20-11-3-1-9(2-4-11)10-5-6-19-8-10/h1-8H,(H,17,18). The third-order valence-corrected chi connectivity index (χ3v) is 2.60. The highest BCUT2D eigenvalue weighted by molar-refractivity contribution is 5.84. The van der Waals surface area contributed by atoms with Gasteiger partial charge in [-0.15, -0.1) is 5.10 Å². The van der Waals surface area contributed by atoms with Crippen molar-refractivity contribution in [1.82, 2.24) is 15.2 Å². The summed E-state index contributed by atoms with van der Waals surface area (Å²) < 4.78 is 5.01. The molecule has 7 nitrogen and oxygen atoms in total. The van der Waals surface area contributed by atoms with Gasteiger partial charge in [-0.05, 0) is 29.0 Å². The first-order chi connectivity index (χ1) is 9.72. The normalized spacial score (nSPS) is 10.4. The van der Waals surface area contributed by atoms with E-state index in [1.165, 1.54) is 6.20 Å². The quantitative estimate of drug-likeness (QED) is 0.781. The molecule has 0 aliphatic carbocycles. The number of rotatable bonds is 4. The van der Waals surface area contributed by atoms with Gasteiger partial charge in [-0.25, -0.2) is 4.79 Å². The Morgan fingerprint density at radius 2 is 2.00 bits per heavy atom. The van der Waals surface area contributed by atoms with Gasteiger partial charge in [0.1, 0.15) is 6.20 Å². The van der Waals surface area contributed by atoms with Crippen LogP contribution in [0.1, 0.15) is 10.5 Å². The summed E-state index contributed by atoms with van der Waals surface area (Å²) in [4.78, 5) is 17.0. The number of nitrogens with zero attached hydrogens (tertiary/aromatic N) is 3. The van der Waals surface area contributed by atoms with Crippen LogP contribution in [-0.4, -0.2) is 26.2 Å². The molecule has 0 aliphatic heterocycles. The molecule has 0 saturated carbocycles. The fraction of sp³-hybridized carbons (Fsp3) is 0. The van der Waals surface area contributed by atoms with Crippen LogP contribution in [0.2, 0.25) is 0 Å². The first-order valence-corrected chi connectivity index (χ1v) is 5.69. The fourth-order valence-electron chi connectivity index (χ4n) is 1.64. The molecular formula is C13H9N3O4. The summed E-state index contributed by atoms with van der Waals surface area (Å²) in [6.45, 7) is 0. The van der Waals surface area contributed by atoms with Crippen molar-refractivity contribution in [3.05, 3.63) is 54.7 Å². The van der Waals surface area contributed by atoms with Crippen LogP contribution in [0.15, 0.2) is 53.5 Å². The van der Waals surface area contributed by atoms with E-state index in [0.29, 0.717) is 5.75 Å². The Hall–Kier alpha value is -3.09. The van der Waals surface area contributed by atoms with Crippen LogP contribution in [0.3, 0.4) is 0 Å². The number of hydrogen-bond acceptors (Lipinski definition) is 5. The molecule has 0 saturated heterocycles. The van der Waals surface area contributed by atoms with Crippen LogP contribution in [-0.2, 0) is 0 Å². The van der Waals surface area contributed by atoms with Crippen molar-refractivity contribution >= 4 is 5.97 Å². The summed E-state index contributed by atoms with van der Waals surface area (Å²) in [5.41, 5.74) is 1.77. The van der Waals surface area contributed by atoms with E-state index in [1.807, 2.05) is 18.2 Å². The third-order valence-electron chi connectivity index (χ3n) is 2.60. The van der Waals surface area contributed by atoms with Crippen LogP contribution in [0.4, 0.5) is 0 Å². The second-order valence-electron chi connectivity index (χ2n) is 3.94. The van der Waals surface area contributed by atoms with Crippen LogP contribution < -0.4 is 4.84 Å². The Morgan fingerprint density at radius 3 is 2.60 bits per heavy atom. The Bertz CT molecular complexity index is 716. The van der Waals surface area contributed by atoms with Gasteiger partial charge in [-0.2, -0.15) is 0 Å². The van der Waals surface area contributed by atoms with Crippen molar-refractivity contribution in [2.45, 2.75) is 0 Å². The number of carbonyl (C=O) groups is 1. The lowest BCUT2D eigenvalue weighted by molar-refractivity contribution is 0.0690. The van der Waals surface area contributed by atoms with Crippen molar-refractivity contribution in [2.75, 3.05) is 0 Å². The number of benzene rings is 1. The molecule has 1 aromatic carbocycles. The van der Waals surface area contributed by atoms with Gasteiger partial charge in [0.2, 0.25) is 0 Å². The van der Waals surface area contributed by atoms with Crippen molar-refractivity contribution in [3.8, 4) is 16.9 Å². The molecule has 0 atom stereocenters. The van der Waals surface area contributed by atoms with Gasteiger partial charge in [-0.3, -0.25) is 0 Å². The van der Waals surface area contributed by atoms with Gasteiger partial charge >= 0.3 is 5.97 Å². The Labute approximate surface area is 113 Å². The average Bonchev–Trinajstić information content (AvgIpc) is 3.10. The van der Waals surface area contributed by atoms with Crippen molar-refractivity contribution in [1.29, 1.82) is 0 Å². The molecule has 0 aliphatic rings. The molecule has 3 rings (SSSR count). The minimum absolute atomic E-state index is 0.181. The van der Waals surface area contributed by atoms with Gasteiger partial charge in [-0.1, -0.05) is 17.0 Å².